The van der Waals surface area contributed by atoms with Crippen molar-refractivity contribution in [1.29, 1.82) is 0 Å². The molecule has 0 saturated carbocycles. The molecule has 0 bridgehead atoms. The highest BCUT2D eigenvalue weighted by molar-refractivity contribution is 7.98. The molecule has 0 fully saturated rings. The minimum Gasteiger partial charge on any atom is -0.465 e. The molecule has 3 rings (SSSR count). The first kappa shape index (κ1) is 17.2. The summed E-state index contributed by atoms with van der Waals surface area (Å²) in [7, 11) is 1.38. The first-order chi connectivity index (χ1) is 12.2. The number of benzene rings is 2. The summed E-state index contributed by atoms with van der Waals surface area (Å²) in [5.74, 6) is 1.33. The van der Waals surface area contributed by atoms with E-state index in [1.54, 1.807) is 23.9 Å². The van der Waals surface area contributed by atoms with Crippen molar-refractivity contribution in [3.63, 3.8) is 0 Å². The molecule has 0 unspecified atom stereocenters. The molecule has 2 aromatic carbocycles. The summed E-state index contributed by atoms with van der Waals surface area (Å²) in [5.41, 5.74) is 2.89. The number of carbonyl (C=O) groups is 1. The smallest absolute Gasteiger partial charge is 0.337 e. The van der Waals surface area contributed by atoms with Crippen molar-refractivity contribution in [3.8, 4) is 0 Å². The van der Waals surface area contributed by atoms with Gasteiger partial charge < -0.3 is 9.30 Å². The largest absolute Gasteiger partial charge is 0.465 e. The van der Waals surface area contributed by atoms with Crippen LogP contribution in [0.2, 0.25) is 0 Å². The van der Waals surface area contributed by atoms with Crippen molar-refractivity contribution in [3.05, 3.63) is 77.1 Å². The standard InChI is InChI=1S/C19H19N3O2S/c1-14-20-21-19(22(14)12-15-6-4-3-5-7-15)25-13-16-8-10-17(11-9-16)18(23)24-2/h3-11H,12-13H2,1-2H3. The van der Waals surface area contributed by atoms with Gasteiger partial charge in [0.05, 0.1) is 19.2 Å². The Labute approximate surface area is 151 Å². The van der Waals surface area contributed by atoms with Gasteiger partial charge in [0.25, 0.3) is 0 Å². The van der Waals surface area contributed by atoms with Crippen LogP contribution in [0.5, 0.6) is 0 Å². The Morgan fingerprint density at radius 3 is 2.44 bits per heavy atom. The van der Waals surface area contributed by atoms with Gasteiger partial charge in [-0.2, -0.15) is 0 Å². The van der Waals surface area contributed by atoms with Crippen molar-refractivity contribution in [2.75, 3.05) is 7.11 Å². The molecule has 5 nitrogen and oxygen atoms in total. The van der Waals surface area contributed by atoms with Gasteiger partial charge in [-0.25, -0.2) is 4.79 Å². The van der Waals surface area contributed by atoms with Crippen molar-refractivity contribution in [2.45, 2.75) is 24.4 Å². The quantitative estimate of drug-likeness (QED) is 0.499. The molecule has 0 spiro atoms. The first-order valence-corrected chi connectivity index (χ1v) is 8.89. The number of aryl methyl sites for hydroxylation is 1. The maximum atomic E-state index is 11.5. The van der Waals surface area contributed by atoms with Crippen LogP contribution < -0.4 is 0 Å². The minimum atomic E-state index is -0.322. The van der Waals surface area contributed by atoms with Crippen molar-refractivity contribution in [2.24, 2.45) is 0 Å². The van der Waals surface area contributed by atoms with E-state index in [1.807, 2.05) is 37.3 Å². The molecule has 0 aliphatic rings. The van der Waals surface area contributed by atoms with Crippen LogP contribution >= 0.6 is 11.8 Å². The molecule has 128 valence electrons. The topological polar surface area (TPSA) is 57.0 Å². The number of hydrogen-bond donors (Lipinski definition) is 0. The van der Waals surface area contributed by atoms with Crippen LogP contribution in [-0.2, 0) is 17.0 Å². The van der Waals surface area contributed by atoms with Crippen LogP contribution in [0.4, 0.5) is 0 Å². The van der Waals surface area contributed by atoms with Gasteiger partial charge in [-0.1, -0.05) is 54.2 Å². The number of rotatable bonds is 6. The van der Waals surface area contributed by atoms with Gasteiger partial charge in [0.1, 0.15) is 5.82 Å². The molecule has 0 amide bonds. The Morgan fingerprint density at radius 1 is 1.04 bits per heavy atom. The van der Waals surface area contributed by atoms with E-state index >= 15 is 0 Å². The zero-order chi connectivity index (χ0) is 17.6. The van der Waals surface area contributed by atoms with Crippen LogP contribution in [-0.4, -0.2) is 27.8 Å². The minimum absolute atomic E-state index is 0.322. The van der Waals surface area contributed by atoms with Gasteiger partial charge in [-0.3, -0.25) is 0 Å². The van der Waals surface area contributed by atoms with Crippen LogP contribution in [0.1, 0.15) is 27.3 Å². The molecule has 1 aromatic heterocycles. The SMILES string of the molecule is COC(=O)c1ccc(CSc2nnc(C)n2Cc2ccccc2)cc1. The summed E-state index contributed by atoms with van der Waals surface area (Å²) in [4.78, 5) is 11.5. The molecule has 0 aliphatic heterocycles. The van der Waals surface area contributed by atoms with E-state index < -0.39 is 0 Å². The van der Waals surface area contributed by atoms with E-state index in [9.17, 15) is 4.79 Å². The molecule has 6 heteroatoms. The molecule has 3 aromatic rings. The predicted octanol–water partition coefficient (Wildman–Crippen LogP) is 3.71. The van der Waals surface area contributed by atoms with Crippen LogP contribution in [0, 0.1) is 6.92 Å². The average molecular weight is 353 g/mol. The molecule has 0 atom stereocenters. The molecule has 0 saturated heterocycles. The van der Waals surface area contributed by atoms with E-state index in [0.29, 0.717) is 5.56 Å². The fourth-order valence-electron chi connectivity index (χ4n) is 2.42. The number of esters is 1. The zero-order valence-corrected chi connectivity index (χ0v) is 15.0. The van der Waals surface area contributed by atoms with E-state index in [-0.39, 0.29) is 5.97 Å². The number of carbonyl (C=O) groups excluding carboxylic acids is 1. The van der Waals surface area contributed by atoms with Gasteiger partial charge in [0, 0.05) is 5.75 Å². The summed E-state index contributed by atoms with van der Waals surface area (Å²) < 4.78 is 6.83. The first-order valence-electron chi connectivity index (χ1n) is 7.91. The average Bonchev–Trinajstić information content (AvgIpc) is 3.00. The van der Waals surface area contributed by atoms with Crippen molar-refractivity contribution >= 4 is 17.7 Å². The Kier molecular flexibility index (Phi) is 5.50. The van der Waals surface area contributed by atoms with Gasteiger partial charge in [0.15, 0.2) is 5.16 Å². The third-order valence-electron chi connectivity index (χ3n) is 3.83. The Bertz CT molecular complexity index is 845. The molecular weight excluding hydrogens is 334 g/mol. The van der Waals surface area contributed by atoms with Crippen molar-refractivity contribution in [1.82, 2.24) is 14.8 Å². The van der Waals surface area contributed by atoms with E-state index in [0.717, 1.165) is 28.8 Å². The maximum absolute atomic E-state index is 11.5. The van der Waals surface area contributed by atoms with E-state index in [2.05, 4.69) is 26.9 Å². The lowest BCUT2D eigenvalue weighted by molar-refractivity contribution is 0.0600. The molecule has 0 radical (unpaired) electrons. The summed E-state index contributed by atoms with van der Waals surface area (Å²) in [6.07, 6.45) is 0. The number of aromatic nitrogens is 3. The second-order valence-corrected chi connectivity index (χ2v) is 6.52. The molecule has 0 N–H and O–H groups in total. The van der Waals surface area contributed by atoms with Gasteiger partial charge in [0.2, 0.25) is 0 Å². The number of thioether (sulfide) groups is 1. The molecular formula is C19H19N3O2S. The normalized spacial score (nSPS) is 10.6. The number of nitrogens with zero attached hydrogens (tertiary/aromatic N) is 3. The van der Waals surface area contributed by atoms with E-state index in [4.69, 9.17) is 4.74 Å². The Hall–Kier alpha value is -2.60. The second kappa shape index (κ2) is 7.98. The zero-order valence-electron chi connectivity index (χ0n) is 14.2. The third-order valence-corrected chi connectivity index (χ3v) is 4.87. The number of ether oxygens (including phenoxy) is 1. The van der Waals surface area contributed by atoms with Crippen LogP contribution in [0.15, 0.2) is 59.8 Å². The molecule has 1 heterocycles. The lowest BCUT2D eigenvalue weighted by Gasteiger charge is -2.08. The summed E-state index contributed by atoms with van der Waals surface area (Å²) in [6.45, 7) is 2.72. The second-order valence-electron chi connectivity index (χ2n) is 5.58. The summed E-state index contributed by atoms with van der Waals surface area (Å²) >= 11 is 1.63. The predicted molar refractivity (Wildman–Crippen MR) is 97.6 cm³/mol. The monoisotopic (exact) mass is 353 g/mol. The van der Waals surface area contributed by atoms with E-state index in [1.165, 1.54) is 12.7 Å². The highest BCUT2D eigenvalue weighted by Gasteiger charge is 2.11. The van der Waals surface area contributed by atoms with Gasteiger partial charge >= 0.3 is 5.97 Å². The van der Waals surface area contributed by atoms with Crippen LogP contribution in [0.25, 0.3) is 0 Å². The molecule has 0 aliphatic carbocycles. The Balaban J connectivity index is 1.68. The third kappa shape index (κ3) is 4.28. The number of methoxy groups -OCH3 is 1. The van der Waals surface area contributed by atoms with Gasteiger partial charge in [-0.15, -0.1) is 10.2 Å². The van der Waals surface area contributed by atoms with Crippen molar-refractivity contribution < 1.29 is 9.53 Å². The van der Waals surface area contributed by atoms with Crippen LogP contribution in [0.3, 0.4) is 0 Å². The fourth-order valence-corrected chi connectivity index (χ4v) is 3.36. The highest BCUT2D eigenvalue weighted by atomic mass is 32.2. The maximum Gasteiger partial charge on any atom is 0.337 e. The Morgan fingerprint density at radius 2 is 1.76 bits per heavy atom. The lowest BCUT2D eigenvalue weighted by Crippen LogP contribution is -2.04. The highest BCUT2D eigenvalue weighted by Crippen LogP contribution is 2.23. The van der Waals surface area contributed by atoms with Gasteiger partial charge in [-0.05, 0) is 30.2 Å². The summed E-state index contributed by atoms with van der Waals surface area (Å²) in [6, 6.07) is 17.7. The summed E-state index contributed by atoms with van der Waals surface area (Å²) in [5, 5.41) is 9.38. The fraction of sp³-hybridized carbons (Fsp3) is 0.211. The molecule has 25 heavy (non-hydrogen) atoms. The number of hydrogen-bond acceptors (Lipinski definition) is 5. The lowest BCUT2D eigenvalue weighted by atomic mass is 10.1.